The zero-order chi connectivity index (χ0) is 14.7. The fourth-order valence-corrected chi connectivity index (χ4v) is 2.88. The van der Waals surface area contributed by atoms with E-state index >= 15 is 0 Å². The predicted octanol–water partition coefficient (Wildman–Crippen LogP) is 3.78. The number of hydrogen-bond donors (Lipinski definition) is 1. The molecule has 2 rings (SSSR count). The van der Waals surface area contributed by atoms with Gasteiger partial charge in [0, 0.05) is 22.7 Å². The van der Waals surface area contributed by atoms with Crippen molar-refractivity contribution in [3.05, 3.63) is 55.8 Å². The van der Waals surface area contributed by atoms with Crippen LogP contribution in [0.5, 0.6) is 0 Å². The summed E-state index contributed by atoms with van der Waals surface area (Å²) in [7, 11) is 0. The molecule has 6 heteroatoms. The van der Waals surface area contributed by atoms with Crippen molar-refractivity contribution < 1.29 is 9.72 Å². The number of carbonyl (C=O) groups is 1. The van der Waals surface area contributed by atoms with Gasteiger partial charge in [-0.05, 0) is 31.0 Å². The zero-order valence-electron chi connectivity index (χ0n) is 11.2. The van der Waals surface area contributed by atoms with Gasteiger partial charge in [0.2, 0.25) is 0 Å². The van der Waals surface area contributed by atoms with Crippen LogP contribution in [0.1, 0.15) is 27.0 Å². The van der Waals surface area contributed by atoms with Crippen LogP contribution in [0.3, 0.4) is 0 Å². The number of anilines is 1. The van der Waals surface area contributed by atoms with Crippen molar-refractivity contribution in [2.75, 3.05) is 5.32 Å². The largest absolute Gasteiger partial charge is 0.321 e. The number of amides is 1. The third kappa shape index (κ3) is 3.03. The molecule has 0 spiro atoms. The van der Waals surface area contributed by atoms with E-state index < -0.39 is 4.92 Å². The Morgan fingerprint density at radius 1 is 1.40 bits per heavy atom. The lowest BCUT2D eigenvalue weighted by Gasteiger charge is -2.02. The molecule has 0 aliphatic rings. The van der Waals surface area contributed by atoms with Gasteiger partial charge in [-0.3, -0.25) is 14.9 Å². The predicted molar refractivity (Wildman–Crippen MR) is 79.5 cm³/mol. The molecule has 0 aliphatic heterocycles. The maximum Gasteiger partial charge on any atom is 0.271 e. The van der Waals surface area contributed by atoms with Crippen LogP contribution in [-0.4, -0.2) is 10.8 Å². The van der Waals surface area contributed by atoms with E-state index in [4.69, 9.17) is 0 Å². The van der Waals surface area contributed by atoms with E-state index in [-0.39, 0.29) is 11.6 Å². The minimum Gasteiger partial charge on any atom is -0.321 e. The molecule has 2 aromatic rings. The summed E-state index contributed by atoms with van der Waals surface area (Å²) in [6.45, 7) is 4.01. The molecular weight excluding hydrogens is 276 g/mol. The van der Waals surface area contributed by atoms with Gasteiger partial charge in [-0.2, -0.15) is 0 Å². The first-order valence-corrected chi connectivity index (χ1v) is 6.98. The Kier molecular flexibility index (Phi) is 4.14. The standard InChI is InChI=1S/C14H14N2O3S/c1-3-12-9(2)7-13(20-12)14(17)15-10-5-4-6-11(8-10)16(18)19/h4-8H,3H2,1-2H3,(H,15,17). The number of nitrogens with zero attached hydrogens (tertiary/aromatic N) is 1. The highest BCUT2D eigenvalue weighted by molar-refractivity contribution is 7.14. The number of hydrogen-bond acceptors (Lipinski definition) is 4. The number of carbonyl (C=O) groups excluding carboxylic acids is 1. The van der Waals surface area contributed by atoms with Crippen molar-refractivity contribution in [3.8, 4) is 0 Å². The van der Waals surface area contributed by atoms with E-state index in [1.165, 1.54) is 28.3 Å². The molecule has 0 radical (unpaired) electrons. The Morgan fingerprint density at radius 2 is 2.15 bits per heavy atom. The molecule has 1 aromatic heterocycles. The molecule has 0 bridgehead atoms. The number of thiophene rings is 1. The van der Waals surface area contributed by atoms with Crippen LogP contribution in [0.25, 0.3) is 0 Å². The van der Waals surface area contributed by atoms with Crippen LogP contribution in [0.15, 0.2) is 30.3 Å². The summed E-state index contributed by atoms with van der Waals surface area (Å²) in [5.41, 5.74) is 1.48. The van der Waals surface area contributed by atoms with Gasteiger partial charge in [-0.1, -0.05) is 13.0 Å². The van der Waals surface area contributed by atoms with Crippen molar-refractivity contribution >= 4 is 28.6 Å². The monoisotopic (exact) mass is 290 g/mol. The zero-order valence-corrected chi connectivity index (χ0v) is 12.0. The first-order valence-electron chi connectivity index (χ1n) is 6.16. The molecule has 0 saturated heterocycles. The van der Waals surface area contributed by atoms with Gasteiger partial charge in [0.05, 0.1) is 9.80 Å². The molecule has 0 atom stereocenters. The topological polar surface area (TPSA) is 72.2 Å². The summed E-state index contributed by atoms with van der Waals surface area (Å²) in [6, 6.07) is 7.76. The maximum absolute atomic E-state index is 12.1. The van der Waals surface area contributed by atoms with Crippen LogP contribution in [0.2, 0.25) is 0 Å². The fourth-order valence-electron chi connectivity index (χ4n) is 1.87. The average molecular weight is 290 g/mol. The molecule has 0 saturated carbocycles. The first kappa shape index (κ1) is 14.2. The Bertz CT molecular complexity index is 664. The summed E-state index contributed by atoms with van der Waals surface area (Å²) < 4.78 is 0. The second kappa shape index (κ2) is 5.83. The second-order valence-electron chi connectivity index (χ2n) is 4.33. The highest BCUT2D eigenvalue weighted by atomic mass is 32.1. The normalized spacial score (nSPS) is 10.3. The average Bonchev–Trinajstić information content (AvgIpc) is 2.80. The molecular formula is C14H14N2O3S. The summed E-state index contributed by atoms with van der Waals surface area (Å²) in [6.07, 6.45) is 0.889. The number of rotatable bonds is 4. The lowest BCUT2D eigenvalue weighted by Crippen LogP contribution is -2.10. The Hall–Kier alpha value is -2.21. The summed E-state index contributed by atoms with van der Waals surface area (Å²) in [5, 5.41) is 13.4. The highest BCUT2D eigenvalue weighted by Gasteiger charge is 2.13. The quantitative estimate of drug-likeness (QED) is 0.688. The molecule has 0 unspecified atom stereocenters. The van der Waals surface area contributed by atoms with Gasteiger partial charge in [-0.15, -0.1) is 11.3 Å². The van der Waals surface area contributed by atoms with Gasteiger partial charge in [0.1, 0.15) is 0 Å². The van der Waals surface area contributed by atoms with Crippen LogP contribution >= 0.6 is 11.3 Å². The molecule has 20 heavy (non-hydrogen) atoms. The SMILES string of the molecule is CCc1sc(C(=O)Nc2cccc([N+](=O)[O-])c2)cc1C. The third-order valence-corrected chi connectivity index (χ3v) is 4.26. The van der Waals surface area contributed by atoms with Gasteiger partial charge >= 0.3 is 0 Å². The van der Waals surface area contributed by atoms with Crippen LogP contribution in [0.4, 0.5) is 11.4 Å². The summed E-state index contributed by atoms with van der Waals surface area (Å²) in [4.78, 5) is 24.1. The first-order chi connectivity index (χ1) is 9.51. The van der Waals surface area contributed by atoms with E-state index in [1.54, 1.807) is 12.1 Å². The van der Waals surface area contributed by atoms with E-state index in [1.807, 2.05) is 19.9 Å². The molecule has 1 aromatic carbocycles. The van der Waals surface area contributed by atoms with Crippen molar-refractivity contribution in [1.29, 1.82) is 0 Å². The number of nitro benzene ring substituents is 1. The van der Waals surface area contributed by atoms with Crippen molar-refractivity contribution in [3.63, 3.8) is 0 Å². The van der Waals surface area contributed by atoms with Gasteiger partial charge in [-0.25, -0.2) is 0 Å². The van der Waals surface area contributed by atoms with Crippen molar-refractivity contribution in [2.45, 2.75) is 20.3 Å². The number of nitro groups is 1. The number of benzene rings is 1. The Morgan fingerprint density at radius 3 is 2.75 bits per heavy atom. The smallest absolute Gasteiger partial charge is 0.271 e. The molecule has 5 nitrogen and oxygen atoms in total. The minimum atomic E-state index is -0.486. The van der Waals surface area contributed by atoms with Gasteiger partial charge in [0.15, 0.2) is 0 Å². The Balaban J connectivity index is 2.18. The van der Waals surface area contributed by atoms with Crippen LogP contribution in [0, 0.1) is 17.0 Å². The minimum absolute atomic E-state index is 0.0422. The number of nitrogens with one attached hydrogen (secondary N) is 1. The van der Waals surface area contributed by atoms with Crippen molar-refractivity contribution in [2.24, 2.45) is 0 Å². The maximum atomic E-state index is 12.1. The second-order valence-corrected chi connectivity index (χ2v) is 5.47. The number of aryl methyl sites for hydroxylation is 2. The Labute approximate surface area is 120 Å². The van der Waals surface area contributed by atoms with E-state index in [0.717, 1.165) is 12.0 Å². The summed E-state index contributed by atoms with van der Waals surface area (Å²) >= 11 is 1.45. The third-order valence-electron chi connectivity index (χ3n) is 2.88. The lowest BCUT2D eigenvalue weighted by molar-refractivity contribution is -0.384. The fraction of sp³-hybridized carbons (Fsp3) is 0.214. The summed E-state index contributed by atoms with van der Waals surface area (Å²) in [5.74, 6) is -0.238. The highest BCUT2D eigenvalue weighted by Crippen LogP contribution is 2.24. The van der Waals surface area contributed by atoms with E-state index in [9.17, 15) is 14.9 Å². The molecule has 1 N–H and O–H groups in total. The molecule has 0 fully saturated rings. The van der Waals surface area contributed by atoms with Crippen LogP contribution in [-0.2, 0) is 6.42 Å². The van der Waals surface area contributed by atoms with Crippen LogP contribution < -0.4 is 5.32 Å². The van der Waals surface area contributed by atoms with E-state index in [0.29, 0.717) is 10.6 Å². The number of non-ortho nitro benzene ring substituents is 1. The molecule has 104 valence electrons. The lowest BCUT2D eigenvalue weighted by atomic mass is 10.2. The van der Waals surface area contributed by atoms with E-state index in [2.05, 4.69) is 5.32 Å². The molecule has 1 amide bonds. The van der Waals surface area contributed by atoms with Gasteiger partial charge < -0.3 is 5.32 Å². The molecule has 1 heterocycles. The van der Waals surface area contributed by atoms with Gasteiger partial charge in [0.25, 0.3) is 11.6 Å². The molecule has 0 aliphatic carbocycles. The van der Waals surface area contributed by atoms with Crippen molar-refractivity contribution in [1.82, 2.24) is 0 Å².